The van der Waals surface area contributed by atoms with Crippen LogP contribution in [0.1, 0.15) is 38.1 Å². The molecule has 2 N–H and O–H groups in total. The Hall–Kier alpha value is -0.870. The van der Waals surface area contributed by atoms with Crippen molar-refractivity contribution >= 4 is 0 Å². The Balaban J connectivity index is 3.01. The van der Waals surface area contributed by atoms with Crippen molar-refractivity contribution in [1.29, 1.82) is 0 Å². The molecule has 4 heteroatoms. The number of likely N-dealkylation sites (N-methyl/N-ethyl adjacent to an activating group) is 1. The molecule has 1 aromatic heterocycles. The van der Waals surface area contributed by atoms with Crippen LogP contribution in [0.15, 0.2) is 6.20 Å². The fourth-order valence-corrected chi connectivity index (χ4v) is 2.24. The van der Waals surface area contributed by atoms with E-state index in [1.807, 2.05) is 11.7 Å². The van der Waals surface area contributed by atoms with Crippen LogP contribution in [0, 0.1) is 0 Å². The lowest BCUT2D eigenvalue weighted by Crippen LogP contribution is -2.33. The highest BCUT2D eigenvalue weighted by Crippen LogP contribution is 2.22. The van der Waals surface area contributed by atoms with Crippen molar-refractivity contribution in [2.24, 2.45) is 12.8 Å². The number of nitrogens with zero attached hydrogens (tertiary/aromatic N) is 3. The van der Waals surface area contributed by atoms with Gasteiger partial charge in [0.05, 0.1) is 11.7 Å². The van der Waals surface area contributed by atoms with Gasteiger partial charge < -0.3 is 5.73 Å². The van der Waals surface area contributed by atoms with E-state index in [2.05, 4.69) is 37.0 Å². The summed E-state index contributed by atoms with van der Waals surface area (Å²) in [7, 11) is 1.97. The van der Waals surface area contributed by atoms with Gasteiger partial charge in [-0.1, -0.05) is 20.8 Å². The van der Waals surface area contributed by atoms with Crippen molar-refractivity contribution < 1.29 is 0 Å². The average molecular weight is 224 g/mol. The highest BCUT2D eigenvalue weighted by Gasteiger charge is 2.20. The summed E-state index contributed by atoms with van der Waals surface area (Å²) >= 11 is 0. The van der Waals surface area contributed by atoms with Gasteiger partial charge in [0.1, 0.15) is 0 Å². The van der Waals surface area contributed by atoms with E-state index in [1.54, 1.807) is 0 Å². The maximum Gasteiger partial charge on any atom is 0.0670 e. The molecule has 0 aliphatic rings. The van der Waals surface area contributed by atoms with E-state index >= 15 is 0 Å². The summed E-state index contributed by atoms with van der Waals surface area (Å²) < 4.78 is 1.89. The largest absolute Gasteiger partial charge is 0.329 e. The Labute approximate surface area is 98.4 Å². The van der Waals surface area contributed by atoms with Crippen LogP contribution in [0.2, 0.25) is 0 Å². The van der Waals surface area contributed by atoms with E-state index in [0.29, 0.717) is 12.6 Å². The minimum atomic E-state index is 0.304. The molecule has 0 spiro atoms. The second-order valence-corrected chi connectivity index (χ2v) is 4.03. The van der Waals surface area contributed by atoms with Gasteiger partial charge in [0.15, 0.2) is 0 Å². The third-order valence-corrected chi connectivity index (χ3v) is 3.11. The second-order valence-electron chi connectivity index (χ2n) is 4.03. The predicted octanol–water partition coefficient (Wildman–Crippen LogP) is 1.32. The summed E-state index contributed by atoms with van der Waals surface area (Å²) in [6.07, 6.45) is 3.07. The van der Waals surface area contributed by atoms with Crippen molar-refractivity contribution in [3.63, 3.8) is 0 Å². The van der Waals surface area contributed by atoms with Crippen LogP contribution in [-0.4, -0.2) is 34.3 Å². The zero-order chi connectivity index (χ0) is 12.1. The molecule has 0 saturated heterocycles. The van der Waals surface area contributed by atoms with Gasteiger partial charge in [0, 0.05) is 25.4 Å². The van der Waals surface area contributed by atoms with E-state index < -0.39 is 0 Å². The molecule has 1 rings (SSSR count). The van der Waals surface area contributed by atoms with Crippen LogP contribution >= 0.6 is 0 Å². The van der Waals surface area contributed by atoms with Gasteiger partial charge in [0.2, 0.25) is 0 Å². The van der Waals surface area contributed by atoms with Crippen LogP contribution in [0.5, 0.6) is 0 Å². The van der Waals surface area contributed by atoms with Gasteiger partial charge in [-0.15, -0.1) is 0 Å². The average Bonchev–Trinajstić information content (AvgIpc) is 2.66. The summed E-state index contributed by atoms with van der Waals surface area (Å²) in [6, 6.07) is 0.304. The number of aryl methyl sites for hydroxylation is 2. The van der Waals surface area contributed by atoms with Crippen molar-refractivity contribution in [1.82, 2.24) is 14.7 Å². The molecule has 4 nitrogen and oxygen atoms in total. The topological polar surface area (TPSA) is 47.1 Å². The van der Waals surface area contributed by atoms with Crippen molar-refractivity contribution in [2.45, 2.75) is 33.2 Å². The van der Waals surface area contributed by atoms with Crippen LogP contribution in [0.4, 0.5) is 0 Å². The Morgan fingerprint density at radius 1 is 1.38 bits per heavy atom. The van der Waals surface area contributed by atoms with Gasteiger partial charge in [-0.2, -0.15) is 5.10 Å². The van der Waals surface area contributed by atoms with E-state index in [0.717, 1.165) is 19.5 Å². The number of rotatable bonds is 6. The number of aromatic nitrogens is 2. The molecule has 1 heterocycles. The molecular weight excluding hydrogens is 200 g/mol. The molecule has 16 heavy (non-hydrogen) atoms. The van der Waals surface area contributed by atoms with Gasteiger partial charge in [-0.05, 0) is 19.5 Å². The van der Waals surface area contributed by atoms with Gasteiger partial charge in [-0.25, -0.2) is 0 Å². The van der Waals surface area contributed by atoms with Crippen molar-refractivity contribution in [2.75, 3.05) is 19.6 Å². The summed E-state index contributed by atoms with van der Waals surface area (Å²) in [5.41, 5.74) is 8.37. The standard InChI is InChI=1S/C12H24N4/c1-5-11-10(9-15(4)14-11)12(8-13)16(6-2)7-3/h9,12H,5-8,13H2,1-4H3. The first-order valence-corrected chi connectivity index (χ1v) is 6.14. The SMILES string of the molecule is CCc1nn(C)cc1C(CN)N(CC)CC. The Morgan fingerprint density at radius 2 is 2.00 bits per heavy atom. The van der Waals surface area contributed by atoms with E-state index in [9.17, 15) is 0 Å². The van der Waals surface area contributed by atoms with Crippen molar-refractivity contribution in [3.8, 4) is 0 Å². The van der Waals surface area contributed by atoms with Gasteiger partial charge in [-0.3, -0.25) is 9.58 Å². The molecule has 92 valence electrons. The van der Waals surface area contributed by atoms with Crippen molar-refractivity contribution in [3.05, 3.63) is 17.5 Å². The normalized spacial score (nSPS) is 13.4. The molecule has 0 radical (unpaired) electrons. The smallest absolute Gasteiger partial charge is 0.0670 e. The lowest BCUT2D eigenvalue weighted by atomic mass is 10.0. The zero-order valence-electron chi connectivity index (χ0n) is 10.9. The second kappa shape index (κ2) is 6.01. The number of nitrogens with two attached hydrogens (primary N) is 1. The van der Waals surface area contributed by atoms with Crippen LogP contribution in [0.25, 0.3) is 0 Å². The Bertz CT molecular complexity index is 315. The molecular formula is C12H24N4. The number of hydrogen-bond acceptors (Lipinski definition) is 3. The monoisotopic (exact) mass is 224 g/mol. The predicted molar refractivity (Wildman–Crippen MR) is 67.3 cm³/mol. The lowest BCUT2D eigenvalue weighted by Gasteiger charge is -2.28. The molecule has 0 aliphatic carbocycles. The third-order valence-electron chi connectivity index (χ3n) is 3.11. The van der Waals surface area contributed by atoms with Gasteiger partial charge in [0.25, 0.3) is 0 Å². The molecule has 0 fully saturated rings. The fraction of sp³-hybridized carbons (Fsp3) is 0.750. The van der Waals surface area contributed by atoms with Gasteiger partial charge >= 0.3 is 0 Å². The minimum Gasteiger partial charge on any atom is -0.329 e. The number of hydrogen-bond donors (Lipinski definition) is 1. The molecule has 0 bridgehead atoms. The summed E-state index contributed by atoms with van der Waals surface area (Å²) in [6.45, 7) is 9.19. The molecule has 1 aromatic rings. The van der Waals surface area contributed by atoms with Crippen LogP contribution in [-0.2, 0) is 13.5 Å². The molecule has 0 amide bonds. The lowest BCUT2D eigenvalue weighted by molar-refractivity contribution is 0.223. The minimum absolute atomic E-state index is 0.304. The van der Waals surface area contributed by atoms with Crippen LogP contribution < -0.4 is 5.73 Å². The maximum atomic E-state index is 5.91. The van der Waals surface area contributed by atoms with E-state index in [-0.39, 0.29) is 0 Å². The first-order chi connectivity index (χ1) is 7.67. The molecule has 0 aromatic carbocycles. The summed E-state index contributed by atoms with van der Waals surface area (Å²) in [4.78, 5) is 2.39. The van der Waals surface area contributed by atoms with E-state index in [1.165, 1.54) is 11.3 Å². The zero-order valence-corrected chi connectivity index (χ0v) is 10.9. The van der Waals surface area contributed by atoms with Crippen LogP contribution in [0.3, 0.4) is 0 Å². The Morgan fingerprint density at radius 3 is 2.44 bits per heavy atom. The third kappa shape index (κ3) is 2.62. The Kier molecular flexibility index (Phi) is 4.96. The van der Waals surface area contributed by atoms with E-state index in [4.69, 9.17) is 5.73 Å². The molecule has 1 unspecified atom stereocenters. The first kappa shape index (κ1) is 13.2. The first-order valence-electron chi connectivity index (χ1n) is 6.14. The fourth-order valence-electron chi connectivity index (χ4n) is 2.24. The quantitative estimate of drug-likeness (QED) is 0.793. The highest BCUT2D eigenvalue weighted by atomic mass is 15.3. The highest BCUT2D eigenvalue weighted by molar-refractivity contribution is 5.22. The molecule has 0 aliphatic heterocycles. The molecule has 0 saturated carbocycles. The maximum absolute atomic E-state index is 5.91. The summed E-state index contributed by atoms with van der Waals surface area (Å²) in [5, 5.41) is 4.48. The molecule has 1 atom stereocenters. The summed E-state index contributed by atoms with van der Waals surface area (Å²) in [5.74, 6) is 0.